The summed E-state index contributed by atoms with van der Waals surface area (Å²) in [6.07, 6.45) is 3.12. The number of nitrogens with zero attached hydrogens (tertiary/aromatic N) is 1. The molecule has 0 spiro atoms. The van der Waals surface area contributed by atoms with E-state index in [2.05, 4.69) is 10.3 Å². The van der Waals surface area contributed by atoms with Crippen molar-refractivity contribution in [3.05, 3.63) is 29.0 Å². The minimum Gasteiger partial charge on any atom is -0.379 e. The monoisotopic (exact) mass is 254 g/mol. The molecule has 1 saturated carbocycles. The van der Waals surface area contributed by atoms with Crippen molar-refractivity contribution < 1.29 is 9.53 Å². The number of methoxy groups -OCH3 is 1. The highest BCUT2D eigenvalue weighted by molar-refractivity contribution is 6.29. The Morgan fingerprint density at radius 3 is 3.06 bits per heavy atom. The summed E-state index contributed by atoms with van der Waals surface area (Å²) in [7, 11) is 1.67. The van der Waals surface area contributed by atoms with Gasteiger partial charge in [0.2, 0.25) is 0 Å². The molecule has 0 radical (unpaired) electrons. The largest absolute Gasteiger partial charge is 0.379 e. The molecule has 92 valence electrons. The van der Waals surface area contributed by atoms with Crippen LogP contribution in [0.1, 0.15) is 29.8 Å². The van der Waals surface area contributed by atoms with Gasteiger partial charge in [0.1, 0.15) is 10.8 Å². The number of carbonyl (C=O) groups is 1. The third-order valence-electron chi connectivity index (χ3n) is 3.02. The highest BCUT2D eigenvalue weighted by Crippen LogP contribution is 2.21. The van der Waals surface area contributed by atoms with E-state index in [9.17, 15) is 4.79 Å². The van der Waals surface area contributed by atoms with Gasteiger partial charge in [-0.05, 0) is 31.4 Å². The van der Waals surface area contributed by atoms with Crippen molar-refractivity contribution in [2.24, 2.45) is 0 Å². The molecule has 1 aliphatic rings. The first-order valence-electron chi connectivity index (χ1n) is 5.67. The van der Waals surface area contributed by atoms with E-state index >= 15 is 0 Å². The maximum absolute atomic E-state index is 11.9. The van der Waals surface area contributed by atoms with E-state index in [-0.39, 0.29) is 18.1 Å². The zero-order valence-electron chi connectivity index (χ0n) is 9.65. The Morgan fingerprint density at radius 2 is 2.35 bits per heavy atom. The van der Waals surface area contributed by atoms with Crippen molar-refractivity contribution in [1.82, 2.24) is 10.3 Å². The van der Waals surface area contributed by atoms with Crippen molar-refractivity contribution in [1.29, 1.82) is 0 Å². The smallest absolute Gasteiger partial charge is 0.270 e. The molecular formula is C12H15ClN2O2. The predicted octanol–water partition coefficient (Wildman–Crippen LogP) is 2.03. The van der Waals surface area contributed by atoms with Crippen molar-refractivity contribution in [3.8, 4) is 0 Å². The number of ether oxygens (including phenoxy) is 1. The highest BCUT2D eigenvalue weighted by atomic mass is 35.5. The number of carbonyl (C=O) groups excluding carboxylic acids is 1. The topological polar surface area (TPSA) is 51.2 Å². The molecule has 1 amide bonds. The Balaban J connectivity index is 2.01. The van der Waals surface area contributed by atoms with E-state index in [0.717, 1.165) is 19.3 Å². The predicted molar refractivity (Wildman–Crippen MR) is 65.1 cm³/mol. The molecule has 17 heavy (non-hydrogen) atoms. The average Bonchev–Trinajstić information content (AvgIpc) is 2.76. The Kier molecular flexibility index (Phi) is 3.97. The van der Waals surface area contributed by atoms with Crippen LogP contribution in [0.25, 0.3) is 0 Å². The molecule has 0 saturated heterocycles. The van der Waals surface area contributed by atoms with Gasteiger partial charge in [-0.3, -0.25) is 4.79 Å². The van der Waals surface area contributed by atoms with Gasteiger partial charge in [-0.25, -0.2) is 4.98 Å². The SMILES string of the molecule is COC1CCCC1NC(=O)c1cccc(Cl)n1. The Labute approximate surface area is 105 Å². The second-order valence-corrected chi connectivity index (χ2v) is 4.52. The Morgan fingerprint density at radius 1 is 1.53 bits per heavy atom. The van der Waals surface area contributed by atoms with Crippen LogP contribution in [0.15, 0.2) is 18.2 Å². The summed E-state index contributed by atoms with van der Waals surface area (Å²) in [6, 6.07) is 5.09. The molecule has 0 aromatic carbocycles. The van der Waals surface area contributed by atoms with Crippen LogP contribution < -0.4 is 5.32 Å². The standard InChI is InChI=1S/C12H15ClN2O2/c1-17-10-6-2-4-8(10)15-12(16)9-5-3-7-11(13)14-9/h3,5,7-8,10H,2,4,6H2,1H3,(H,15,16). The molecule has 5 heteroatoms. The van der Waals surface area contributed by atoms with E-state index in [1.54, 1.807) is 25.3 Å². The minimum atomic E-state index is -0.193. The van der Waals surface area contributed by atoms with Gasteiger partial charge in [-0.1, -0.05) is 17.7 Å². The van der Waals surface area contributed by atoms with Crippen LogP contribution in [-0.4, -0.2) is 30.1 Å². The summed E-state index contributed by atoms with van der Waals surface area (Å²) in [5.41, 5.74) is 0.347. The third kappa shape index (κ3) is 2.96. The van der Waals surface area contributed by atoms with Gasteiger partial charge in [0, 0.05) is 7.11 Å². The van der Waals surface area contributed by atoms with Crippen LogP contribution in [0, 0.1) is 0 Å². The molecule has 1 fully saturated rings. The van der Waals surface area contributed by atoms with Gasteiger partial charge >= 0.3 is 0 Å². The maximum atomic E-state index is 11.9. The quantitative estimate of drug-likeness (QED) is 0.840. The Hall–Kier alpha value is -1.13. The molecule has 2 atom stereocenters. The van der Waals surface area contributed by atoms with Gasteiger partial charge in [-0.15, -0.1) is 0 Å². The third-order valence-corrected chi connectivity index (χ3v) is 3.23. The van der Waals surface area contributed by atoms with Crippen LogP contribution in [0.2, 0.25) is 5.15 Å². The average molecular weight is 255 g/mol. The highest BCUT2D eigenvalue weighted by Gasteiger charge is 2.28. The van der Waals surface area contributed by atoms with Crippen molar-refractivity contribution in [2.75, 3.05) is 7.11 Å². The minimum absolute atomic E-state index is 0.0771. The number of hydrogen-bond donors (Lipinski definition) is 1. The van der Waals surface area contributed by atoms with Crippen LogP contribution in [-0.2, 0) is 4.74 Å². The lowest BCUT2D eigenvalue weighted by Gasteiger charge is -2.19. The van der Waals surface area contributed by atoms with Gasteiger partial charge in [0.05, 0.1) is 12.1 Å². The number of aromatic nitrogens is 1. The molecule has 1 heterocycles. The molecule has 2 unspecified atom stereocenters. The summed E-state index contributed by atoms with van der Waals surface area (Å²) in [4.78, 5) is 15.9. The molecule has 2 rings (SSSR count). The summed E-state index contributed by atoms with van der Waals surface area (Å²) in [5, 5.41) is 3.26. The molecular weight excluding hydrogens is 240 g/mol. The molecule has 1 aromatic rings. The number of amides is 1. The second kappa shape index (κ2) is 5.47. The second-order valence-electron chi connectivity index (χ2n) is 4.13. The maximum Gasteiger partial charge on any atom is 0.270 e. The molecule has 0 aliphatic heterocycles. The number of halogens is 1. The van der Waals surface area contributed by atoms with Gasteiger partial charge in [0.25, 0.3) is 5.91 Å². The van der Waals surface area contributed by atoms with Crippen LogP contribution in [0.4, 0.5) is 0 Å². The lowest BCUT2D eigenvalue weighted by molar-refractivity contribution is 0.0719. The van der Waals surface area contributed by atoms with Crippen LogP contribution in [0.3, 0.4) is 0 Å². The van der Waals surface area contributed by atoms with Crippen LogP contribution >= 0.6 is 11.6 Å². The van der Waals surface area contributed by atoms with E-state index < -0.39 is 0 Å². The molecule has 4 nitrogen and oxygen atoms in total. The fraction of sp³-hybridized carbons (Fsp3) is 0.500. The normalized spacial score (nSPS) is 23.6. The Bertz CT molecular complexity index is 411. The zero-order chi connectivity index (χ0) is 12.3. The molecule has 1 aromatic heterocycles. The summed E-state index contributed by atoms with van der Waals surface area (Å²) < 4.78 is 5.32. The molecule has 1 aliphatic carbocycles. The number of pyridine rings is 1. The number of nitrogens with one attached hydrogen (secondary N) is 1. The number of rotatable bonds is 3. The fourth-order valence-electron chi connectivity index (χ4n) is 2.15. The van der Waals surface area contributed by atoms with E-state index in [1.807, 2.05) is 0 Å². The zero-order valence-corrected chi connectivity index (χ0v) is 10.4. The van der Waals surface area contributed by atoms with Gasteiger partial charge in [-0.2, -0.15) is 0 Å². The van der Waals surface area contributed by atoms with Crippen molar-refractivity contribution in [2.45, 2.75) is 31.4 Å². The van der Waals surface area contributed by atoms with Gasteiger partial charge < -0.3 is 10.1 Å². The van der Waals surface area contributed by atoms with Gasteiger partial charge in [0.15, 0.2) is 0 Å². The van der Waals surface area contributed by atoms with Crippen molar-refractivity contribution in [3.63, 3.8) is 0 Å². The summed E-state index contributed by atoms with van der Waals surface area (Å²) >= 11 is 5.75. The molecule has 0 bridgehead atoms. The lowest BCUT2D eigenvalue weighted by atomic mass is 10.2. The first-order chi connectivity index (χ1) is 8.20. The first kappa shape index (κ1) is 12.3. The fourth-order valence-corrected chi connectivity index (χ4v) is 2.31. The summed E-state index contributed by atoms with van der Waals surface area (Å²) in [6.45, 7) is 0. The lowest BCUT2D eigenvalue weighted by Crippen LogP contribution is -2.41. The van der Waals surface area contributed by atoms with E-state index in [0.29, 0.717) is 10.8 Å². The van der Waals surface area contributed by atoms with E-state index in [4.69, 9.17) is 16.3 Å². The number of hydrogen-bond acceptors (Lipinski definition) is 3. The van der Waals surface area contributed by atoms with Crippen molar-refractivity contribution >= 4 is 17.5 Å². The molecule has 1 N–H and O–H groups in total. The summed E-state index contributed by atoms with van der Waals surface area (Å²) in [5.74, 6) is -0.193. The first-order valence-corrected chi connectivity index (χ1v) is 6.04. The van der Waals surface area contributed by atoms with E-state index in [1.165, 1.54) is 0 Å². The van der Waals surface area contributed by atoms with Crippen LogP contribution in [0.5, 0.6) is 0 Å².